The van der Waals surface area contributed by atoms with Crippen molar-refractivity contribution in [3.8, 4) is 0 Å². The molecule has 0 bridgehead atoms. The number of nitrogens with one attached hydrogen (secondary N) is 1. The first kappa shape index (κ1) is 9.68. The van der Waals surface area contributed by atoms with Gasteiger partial charge in [0.15, 0.2) is 0 Å². The maximum Gasteiger partial charge on any atom is 0.0922 e. The zero-order valence-corrected chi connectivity index (χ0v) is 8.32. The van der Waals surface area contributed by atoms with Crippen LogP contribution in [0, 0.1) is 5.92 Å². The summed E-state index contributed by atoms with van der Waals surface area (Å²) in [6.45, 7) is 3.48. The smallest absolute Gasteiger partial charge is 0.0922 e. The molecule has 0 aromatic carbocycles. The standard InChI is InChI=1S/C10H17N3O/c14-7-9-1-3-13(4-2-9)6-10-5-11-8-12-10/h5,8-9,14H,1-4,6-7H2,(H,11,12). The lowest BCUT2D eigenvalue weighted by Crippen LogP contribution is -2.34. The van der Waals surface area contributed by atoms with E-state index >= 15 is 0 Å². The van der Waals surface area contributed by atoms with Gasteiger partial charge in [-0.1, -0.05) is 0 Å². The van der Waals surface area contributed by atoms with Gasteiger partial charge in [0.1, 0.15) is 0 Å². The van der Waals surface area contributed by atoms with E-state index in [1.54, 1.807) is 6.33 Å². The highest BCUT2D eigenvalue weighted by Gasteiger charge is 2.18. The van der Waals surface area contributed by atoms with Crippen LogP contribution in [-0.2, 0) is 6.54 Å². The van der Waals surface area contributed by atoms with Crippen LogP contribution in [0.1, 0.15) is 18.5 Å². The number of imidazole rings is 1. The number of aliphatic hydroxyl groups is 1. The van der Waals surface area contributed by atoms with Crippen LogP contribution in [0.2, 0.25) is 0 Å². The van der Waals surface area contributed by atoms with Gasteiger partial charge in [-0.25, -0.2) is 4.98 Å². The molecule has 2 heterocycles. The molecule has 1 aliphatic heterocycles. The topological polar surface area (TPSA) is 52.1 Å². The lowest BCUT2D eigenvalue weighted by atomic mass is 9.98. The highest BCUT2D eigenvalue weighted by molar-refractivity contribution is 4.94. The molecule has 2 N–H and O–H groups in total. The summed E-state index contributed by atoms with van der Waals surface area (Å²) in [5.74, 6) is 0.521. The van der Waals surface area contributed by atoms with Gasteiger partial charge in [-0.15, -0.1) is 0 Å². The Hall–Kier alpha value is -0.870. The van der Waals surface area contributed by atoms with Crippen molar-refractivity contribution in [2.75, 3.05) is 19.7 Å². The lowest BCUT2D eigenvalue weighted by molar-refractivity contribution is 0.126. The molecule has 1 fully saturated rings. The maximum atomic E-state index is 9.00. The molecule has 2 rings (SSSR count). The quantitative estimate of drug-likeness (QED) is 0.743. The van der Waals surface area contributed by atoms with Gasteiger partial charge in [0.2, 0.25) is 0 Å². The van der Waals surface area contributed by atoms with Crippen LogP contribution in [0.3, 0.4) is 0 Å². The van der Waals surface area contributed by atoms with E-state index in [1.807, 2.05) is 6.20 Å². The molecule has 1 aromatic heterocycles. The zero-order valence-electron chi connectivity index (χ0n) is 8.32. The number of likely N-dealkylation sites (tertiary alicyclic amines) is 1. The monoisotopic (exact) mass is 195 g/mol. The molecule has 1 aliphatic rings. The van der Waals surface area contributed by atoms with Crippen LogP contribution in [0.5, 0.6) is 0 Å². The van der Waals surface area contributed by atoms with E-state index in [1.165, 1.54) is 5.69 Å². The molecule has 1 saturated heterocycles. The van der Waals surface area contributed by atoms with Gasteiger partial charge < -0.3 is 10.1 Å². The molecular weight excluding hydrogens is 178 g/mol. The first-order valence-corrected chi connectivity index (χ1v) is 5.19. The van der Waals surface area contributed by atoms with Crippen molar-refractivity contribution in [3.05, 3.63) is 18.2 Å². The van der Waals surface area contributed by atoms with Gasteiger partial charge in [-0.3, -0.25) is 4.90 Å². The number of nitrogens with zero attached hydrogens (tertiary/aromatic N) is 2. The average molecular weight is 195 g/mol. The van der Waals surface area contributed by atoms with Gasteiger partial charge in [0.25, 0.3) is 0 Å². The fourth-order valence-electron chi connectivity index (χ4n) is 1.94. The summed E-state index contributed by atoms with van der Waals surface area (Å²) < 4.78 is 0. The number of piperidine rings is 1. The van der Waals surface area contributed by atoms with Crippen molar-refractivity contribution >= 4 is 0 Å². The minimum Gasteiger partial charge on any atom is -0.396 e. The van der Waals surface area contributed by atoms with Crippen LogP contribution >= 0.6 is 0 Å². The molecule has 4 heteroatoms. The van der Waals surface area contributed by atoms with Gasteiger partial charge in [-0.05, 0) is 31.8 Å². The second-order valence-electron chi connectivity index (χ2n) is 3.98. The second-order valence-corrected chi connectivity index (χ2v) is 3.98. The Morgan fingerprint density at radius 2 is 2.29 bits per heavy atom. The van der Waals surface area contributed by atoms with Crippen molar-refractivity contribution in [2.24, 2.45) is 5.92 Å². The van der Waals surface area contributed by atoms with E-state index in [0.717, 1.165) is 32.5 Å². The summed E-state index contributed by atoms with van der Waals surface area (Å²) in [4.78, 5) is 9.51. The summed E-state index contributed by atoms with van der Waals surface area (Å²) in [5, 5.41) is 9.00. The molecule has 0 unspecified atom stereocenters. The summed E-state index contributed by atoms with van der Waals surface area (Å²) in [5.41, 5.74) is 1.17. The molecule has 0 atom stereocenters. The summed E-state index contributed by atoms with van der Waals surface area (Å²) >= 11 is 0. The third kappa shape index (κ3) is 2.33. The Kier molecular flexibility index (Phi) is 3.16. The lowest BCUT2D eigenvalue weighted by Gasteiger charge is -2.30. The minimum absolute atomic E-state index is 0.345. The normalized spacial score (nSPS) is 20.1. The summed E-state index contributed by atoms with van der Waals surface area (Å²) in [7, 11) is 0. The number of H-pyrrole nitrogens is 1. The minimum atomic E-state index is 0.345. The number of hydrogen-bond donors (Lipinski definition) is 2. The van der Waals surface area contributed by atoms with Gasteiger partial charge in [0, 0.05) is 25.0 Å². The largest absolute Gasteiger partial charge is 0.396 e. The highest BCUT2D eigenvalue weighted by Crippen LogP contribution is 2.17. The number of rotatable bonds is 3. The Balaban J connectivity index is 1.79. The van der Waals surface area contributed by atoms with Crippen LogP contribution in [0.15, 0.2) is 12.5 Å². The van der Waals surface area contributed by atoms with Gasteiger partial charge >= 0.3 is 0 Å². The Bertz CT molecular complexity index is 252. The number of aliphatic hydroxyl groups excluding tert-OH is 1. The molecule has 78 valence electrons. The third-order valence-corrected chi connectivity index (χ3v) is 2.91. The van der Waals surface area contributed by atoms with Crippen LogP contribution in [-0.4, -0.2) is 39.7 Å². The van der Waals surface area contributed by atoms with Crippen molar-refractivity contribution in [1.82, 2.24) is 14.9 Å². The van der Waals surface area contributed by atoms with E-state index in [9.17, 15) is 0 Å². The number of aromatic amines is 1. The summed E-state index contributed by atoms with van der Waals surface area (Å²) in [6, 6.07) is 0. The Labute approximate surface area is 84.0 Å². The molecule has 0 amide bonds. The Morgan fingerprint density at radius 1 is 1.50 bits per heavy atom. The van der Waals surface area contributed by atoms with Crippen molar-refractivity contribution < 1.29 is 5.11 Å². The van der Waals surface area contributed by atoms with E-state index in [0.29, 0.717) is 12.5 Å². The average Bonchev–Trinajstić information content (AvgIpc) is 2.72. The molecule has 0 radical (unpaired) electrons. The van der Waals surface area contributed by atoms with E-state index in [-0.39, 0.29) is 0 Å². The molecule has 4 nitrogen and oxygen atoms in total. The van der Waals surface area contributed by atoms with Gasteiger partial charge in [-0.2, -0.15) is 0 Å². The molecule has 0 saturated carbocycles. The fraction of sp³-hybridized carbons (Fsp3) is 0.700. The second kappa shape index (κ2) is 4.57. The molecule has 0 aliphatic carbocycles. The molecule has 0 spiro atoms. The fourth-order valence-corrected chi connectivity index (χ4v) is 1.94. The predicted octanol–water partition coefficient (Wildman–Crippen LogP) is 0.614. The maximum absolute atomic E-state index is 9.00. The van der Waals surface area contributed by atoms with Crippen LogP contribution in [0.4, 0.5) is 0 Å². The molecule has 1 aromatic rings. The van der Waals surface area contributed by atoms with Crippen molar-refractivity contribution in [1.29, 1.82) is 0 Å². The van der Waals surface area contributed by atoms with E-state index in [4.69, 9.17) is 5.11 Å². The Morgan fingerprint density at radius 3 is 2.86 bits per heavy atom. The SMILES string of the molecule is OCC1CCN(Cc2cnc[nH]2)CC1. The van der Waals surface area contributed by atoms with E-state index in [2.05, 4.69) is 14.9 Å². The van der Waals surface area contributed by atoms with Crippen molar-refractivity contribution in [3.63, 3.8) is 0 Å². The first-order valence-electron chi connectivity index (χ1n) is 5.19. The predicted molar refractivity (Wildman–Crippen MR) is 53.7 cm³/mol. The third-order valence-electron chi connectivity index (χ3n) is 2.91. The van der Waals surface area contributed by atoms with Crippen LogP contribution < -0.4 is 0 Å². The number of hydrogen-bond acceptors (Lipinski definition) is 3. The highest BCUT2D eigenvalue weighted by atomic mass is 16.3. The van der Waals surface area contributed by atoms with Crippen molar-refractivity contribution in [2.45, 2.75) is 19.4 Å². The van der Waals surface area contributed by atoms with E-state index < -0.39 is 0 Å². The molecular formula is C10H17N3O. The summed E-state index contributed by atoms with van der Waals surface area (Å²) in [6.07, 6.45) is 5.82. The van der Waals surface area contributed by atoms with Gasteiger partial charge in [0.05, 0.1) is 6.33 Å². The number of aromatic nitrogens is 2. The zero-order chi connectivity index (χ0) is 9.80. The first-order chi connectivity index (χ1) is 6.88. The van der Waals surface area contributed by atoms with Crippen LogP contribution in [0.25, 0.3) is 0 Å². The molecule has 14 heavy (non-hydrogen) atoms.